The van der Waals surface area contributed by atoms with Crippen LogP contribution in [0.5, 0.6) is 0 Å². The van der Waals surface area contributed by atoms with E-state index in [1.54, 1.807) is 26.0 Å². The summed E-state index contributed by atoms with van der Waals surface area (Å²) in [5.74, 6) is 5.50. The van der Waals surface area contributed by atoms with E-state index in [4.69, 9.17) is 16.3 Å². The molecule has 0 aromatic heterocycles. The van der Waals surface area contributed by atoms with Crippen LogP contribution in [-0.4, -0.2) is 31.1 Å². The topological polar surface area (TPSA) is 29.5 Å². The van der Waals surface area contributed by atoms with E-state index in [1.165, 1.54) is 0 Å². The van der Waals surface area contributed by atoms with Gasteiger partial charge >= 0.3 is 5.97 Å². The van der Waals surface area contributed by atoms with Crippen molar-refractivity contribution in [3.63, 3.8) is 0 Å². The first-order chi connectivity index (χ1) is 9.10. The quantitative estimate of drug-likeness (QED) is 0.613. The fourth-order valence-electron chi connectivity index (χ4n) is 1.73. The highest BCUT2D eigenvalue weighted by Crippen LogP contribution is 2.22. The second-order valence-electron chi connectivity index (χ2n) is 4.05. The number of carbonyl (C=O) groups is 1. The van der Waals surface area contributed by atoms with Crippen molar-refractivity contribution in [1.29, 1.82) is 0 Å². The van der Waals surface area contributed by atoms with Crippen LogP contribution in [0.15, 0.2) is 24.3 Å². The van der Waals surface area contributed by atoms with Crippen LogP contribution in [0.25, 0.3) is 0 Å². The predicted molar refractivity (Wildman–Crippen MR) is 76.9 cm³/mol. The zero-order chi connectivity index (χ0) is 14.3. The third-order valence-electron chi connectivity index (χ3n) is 2.64. The largest absolute Gasteiger partial charge is 0.465 e. The van der Waals surface area contributed by atoms with Gasteiger partial charge in [0, 0.05) is 5.02 Å². The number of rotatable bonds is 5. The Morgan fingerprint density at radius 2 is 2.05 bits per heavy atom. The molecule has 4 heteroatoms. The molecule has 0 radical (unpaired) electrons. The Morgan fingerprint density at radius 3 is 2.58 bits per heavy atom. The van der Waals surface area contributed by atoms with Gasteiger partial charge in [0.2, 0.25) is 0 Å². The second kappa shape index (κ2) is 7.83. The number of hydrogen-bond donors (Lipinski definition) is 0. The Hall–Kier alpha value is -1.50. The van der Waals surface area contributed by atoms with E-state index in [0.717, 1.165) is 5.56 Å². The molecule has 19 heavy (non-hydrogen) atoms. The maximum absolute atomic E-state index is 12.1. The smallest absolute Gasteiger partial charge is 0.328 e. The molecule has 1 aromatic rings. The number of carbonyl (C=O) groups excluding carboxylic acids is 1. The van der Waals surface area contributed by atoms with Gasteiger partial charge in [0.15, 0.2) is 0 Å². The molecule has 0 heterocycles. The molecule has 0 aliphatic carbocycles. The van der Waals surface area contributed by atoms with Crippen molar-refractivity contribution in [2.45, 2.75) is 19.9 Å². The van der Waals surface area contributed by atoms with Crippen LogP contribution in [0.3, 0.4) is 0 Å². The fraction of sp³-hybridized carbons (Fsp3) is 0.400. The molecule has 1 aromatic carbocycles. The molecule has 0 saturated carbocycles. The van der Waals surface area contributed by atoms with Crippen molar-refractivity contribution in [2.24, 2.45) is 0 Å². The highest BCUT2D eigenvalue weighted by atomic mass is 35.5. The van der Waals surface area contributed by atoms with Crippen molar-refractivity contribution in [2.75, 3.05) is 20.2 Å². The molecule has 1 unspecified atom stereocenters. The standard InChI is InChI=1S/C15H18ClNO2/c1-4-6-11-17(3)14(15(18)19-5-2)12-7-9-13(16)10-8-12/h7-10,14H,5,11H2,1-3H3. The average molecular weight is 280 g/mol. The van der Waals surface area contributed by atoms with Gasteiger partial charge in [0.05, 0.1) is 13.2 Å². The zero-order valence-corrected chi connectivity index (χ0v) is 12.2. The van der Waals surface area contributed by atoms with E-state index in [1.807, 2.05) is 24.1 Å². The van der Waals surface area contributed by atoms with E-state index in [9.17, 15) is 4.79 Å². The Kier molecular flexibility index (Phi) is 6.41. The summed E-state index contributed by atoms with van der Waals surface area (Å²) in [5.41, 5.74) is 0.850. The number of hydrogen-bond acceptors (Lipinski definition) is 3. The minimum Gasteiger partial charge on any atom is -0.465 e. The van der Waals surface area contributed by atoms with Gasteiger partial charge in [0.1, 0.15) is 6.04 Å². The first-order valence-electron chi connectivity index (χ1n) is 6.12. The van der Waals surface area contributed by atoms with Gasteiger partial charge in [-0.1, -0.05) is 29.7 Å². The third kappa shape index (κ3) is 4.59. The van der Waals surface area contributed by atoms with E-state index in [0.29, 0.717) is 18.2 Å². The van der Waals surface area contributed by atoms with Crippen molar-refractivity contribution < 1.29 is 9.53 Å². The Labute approximate surface area is 119 Å². The van der Waals surface area contributed by atoms with Crippen molar-refractivity contribution in [3.8, 4) is 11.8 Å². The Bertz CT molecular complexity index is 473. The summed E-state index contributed by atoms with van der Waals surface area (Å²) < 4.78 is 5.13. The van der Waals surface area contributed by atoms with Crippen LogP contribution in [0.2, 0.25) is 5.02 Å². The van der Waals surface area contributed by atoms with Gasteiger partial charge in [0.25, 0.3) is 0 Å². The first kappa shape index (κ1) is 15.6. The summed E-state index contributed by atoms with van der Waals surface area (Å²) in [6, 6.07) is 6.74. The Balaban J connectivity index is 2.99. The van der Waals surface area contributed by atoms with Crippen LogP contribution in [0, 0.1) is 11.8 Å². The van der Waals surface area contributed by atoms with Crippen LogP contribution >= 0.6 is 11.6 Å². The van der Waals surface area contributed by atoms with Crippen LogP contribution in [-0.2, 0) is 9.53 Å². The summed E-state index contributed by atoms with van der Waals surface area (Å²) in [6.07, 6.45) is 0. The van der Waals surface area contributed by atoms with Gasteiger partial charge in [-0.15, -0.1) is 5.92 Å². The maximum Gasteiger partial charge on any atom is 0.328 e. The summed E-state index contributed by atoms with van der Waals surface area (Å²) in [7, 11) is 1.85. The van der Waals surface area contributed by atoms with Gasteiger partial charge in [-0.2, -0.15) is 0 Å². The summed E-state index contributed by atoms with van der Waals surface area (Å²) in [5, 5.41) is 0.641. The molecule has 0 aliphatic heterocycles. The van der Waals surface area contributed by atoms with Gasteiger partial charge in [-0.05, 0) is 38.6 Å². The molecule has 0 aliphatic rings. The van der Waals surface area contributed by atoms with E-state index in [-0.39, 0.29) is 5.97 Å². The minimum atomic E-state index is -0.460. The third-order valence-corrected chi connectivity index (χ3v) is 2.89. The number of nitrogens with zero attached hydrogens (tertiary/aromatic N) is 1. The highest BCUT2D eigenvalue weighted by molar-refractivity contribution is 6.30. The molecular formula is C15H18ClNO2. The van der Waals surface area contributed by atoms with Gasteiger partial charge < -0.3 is 4.74 Å². The van der Waals surface area contributed by atoms with E-state index in [2.05, 4.69) is 11.8 Å². The zero-order valence-electron chi connectivity index (χ0n) is 11.4. The molecular weight excluding hydrogens is 262 g/mol. The number of likely N-dealkylation sites (N-methyl/N-ethyl adjacent to an activating group) is 1. The number of halogens is 1. The van der Waals surface area contributed by atoms with Crippen molar-refractivity contribution in [3.05, 3.63) is 34.9 Å². The second-order valence-corrected chi connectivity index (χ2v) is 4.48. The lowest BCUT2D eigenvalue weighted by Gasteiger charge is -2.24. The predicted octanol–water partition coefficient (Wildman–Crippen LogP) is 2.90. The molecule has 0 spiro atoms. The first-order valence-corrected chi connectivity index (χ1v) is 6.49. The lowest BCUT2D eigenvalue weighted by Crippen LogP contribution is -2.32. The van der Waals surface area contributed by atoms with Crippen LogP contribution in [0.1, 0.15) is 25.5 Å². The number of esters is 1. The van der Waals surface area contributed by atoms with Crippen molar-refractivity contribution in [1.82, 2.24) is 4.90 Å². The fourth-order valence-corrected chi connectivity index (χ4v) is 1.86. The van der Waals surface area contributed by atoms with E-state index < -0.39 is 6.04 Å². The summed E-state index contributed by atoms with van der Waals surface area (Å²) in [6.45, 7) is 4.43. The molecule has 102 valence electrons. The number of ether oxygens (including phenoxy) is 1. The lowest BCUT2D eigenvalue weighted by molar-refractivity contribution is -0.149. The van der Waals surface area contributed by atoms with E-state index >= 15 is 0 Å². The molecule has 0 saturated heterocycles. The molecule has 0 bridgehead atoms. The minimum absolute atomic E-state index is 0.273. The maximum atomic E-state index is 12.1. The average Bonchev–Trinajstić information content (AvgIpc) is 2.39. The SMILES string of the molecule is CC#CCN(C)C(C(=O)OCC)c1ccc(Cl)cc1. The van der Waals surface area contributed by atoms with Gasteiger partial charge in [-0.3, -0.25) is 4.90 Å². The van der Waals surface area contributed by atoms with Crippen LogP contribution < -0.4 is 0 Å². The summed E-state index contributed by atoms with van der Waals surface area (Å²) >= 11 is 5.87. The molecule has 1 atom stereocenters. The molecule has 0 N–H and O–H groups in total. The molecule has 3 nitrogen and oxygen atoms in total. The number of benzene rings is 1. The monoisotopic (exact) mass is 279 g/mol. The molecule has 0 amide bonds. The molecule has 0 fully saturated rings. The summed E-state index contributed by atoms with van der Waals surface area (Å²) in [4.78, 5) is 13.9. The van der Waals surface area contributed by atoms with Crippen molar-refractivity contribution >= 4 is 17.6 Å². The Morgan fingerprint density at radius 1 is 1.42 bits per heavy atom. The highest BCUT2D eigenvalue weighted by Gasteiger charge is 2.25. The molecule has 1 rings (SSSR count). The van der Waals surface area contributed by atoms with Crippen LogP contribution in [0.4, 0.5) is 0 Å². The normalized spacial score (nSPS) is 11.6. The lowest BCUT2D eigenvalue weighted by atomic mass is 10.1. The van der Waals surface area contributed by atoms with Gasteiger partial charge in [-0.25, -0.2) is 4.79 Å².